The van der Waals surface area contributed by atoms with Crippen LogP contribution >= 0.6 is 11.6 Å². The molecule has 3 aromatic rings. The lowest BCUT2D eigenvalue weighted by Crippen LogP contribution is -2.18. The van der Waals surface area contributed by atoms with Crippen LogP contribution in [0.25, 0.3) is 5.69 Å². The van der Waals surface area contributed by atoms with E-state index < -0.39 is 12.1 Å². The van der Waals surface area contributed by atoms with E-state index in [0.29, 0.717) is 33.6 Å². The van der Waals surface area contributed by atoms with E-state index in [1.165, 1.54) is 19.2 Å². The summed E-state index contributed by atoms with van der Waals surface area (Å²) >= 11 is 5.85. The van der Waals surface area contributed by atoms with Crippen molar-refractivity contribution in [1.29, 1.82) is 0 Å². The minimum atomic E-state index is -4.84. The Morgan fingerprint density at radius 1 is 1.07 bits per heavy atom. The van der Waals surface area contributed by atoms with E-state index in [2.05, 4.69) is 26.5 Å². The van der Waals surface area contributed by atoms with Crippen LogP contribution in [0.15, 0.2) is 36.5 Å². The molecule has 0 amide bonds. The molecule has 1 aromatic carbocycles. The molecule has 0 aliphatic heterocycles. The van der Waals surface area contributed by atoms with E-state index in [9.17, 15) is 13.2 Å². The summed E-state index contributed by atoms with van der Waals surface area (Å²) in [5.74, 6) is 6.00. The van der Waals surface area contributed by atoms with Crippen LogP contribution in [-0.2, 0) is 0 Å². The molecule has 9 heteroatoms. The Morgan fingerprint density at radius 2 is 1.83 bits per heavy atom. The molecule has 0 saturated carbocycles. The third-order valence-corrected chi connectivity index (χ3v) is 4.16. The van der Waals surface area contributed by atoms with Gasteiger partial charge in [0.15, 0.2) is 11.5 Å². The molecule has 5 nitrogen and oxygen atoms in total. The fourth-order valence-corrected chi connectivity index (χ4v) is 2.93. The Hall–Kier alpha value is -3.18. The van der Waals surface area contributed by atoms with Crippen molar-refractivity contribution in [3.63, 3.8) is 0 Å². The third-order valence-electron chi connectivity index (χ3n) is 3.96. The Morgan fingerprint density at radius 3 is 2.48 bits per heavy atom. The van der Waals surface area contributed by atoms with Gasteiger partial charge < -0.3 is 9.47 Å². The average molecular weight is 422 g/mol. The zero-order valence-corrected chi connectivity index (χ0v) is 16.4. The second-order valence-electron chi connectivity index (χ2n) is 5.93. The van der Waals surface area contributed by atoms with Gasteiger partial charge in [-0.25, -0.2) is 9.97 Å². The second-order valence-corrected chi connectivity index (χ2v) is 6.32. The predicted molar refractivity (Wildman–Crippen MR) is 102 cm³/mol. The number of alkyl halides is 3. The fourth-order valence-electron chi connectivity index (χ4n) is 2.76. The minimum absolute atomic E-state index is 0.0314. The number of hydrogen-bond acceptors (Lipinski definition) is 4. The summed E-state index contributed by atoms with van der Waals surface area (Å²) in [7, 11) is 1.27. The summed E-state index contributed by atoms with van der Waals surface area (Å²) in [6, 6.07) is 7.59. The van der Waals surface area contributed by atoms with Crippen LogP contribution < -0.4 is 9.47 Å². The highest BCUT2D eigenvalue weighted by atomic mass is 35.5. The number of ether oxygens (including phenoxy) is 2. The predicted octanol–water partition coefficient (Wildman–Crippen LogP) is 4.84. The van der Waals surface area contributed by atoms with Crippen molar-refractivity contribution in [1.82, 2.24) is 14.5 Å². The van der Waals surface area contributed by atoms with Gasteiger partial charge in [-0.3, -0.25) is 4.57 Å². The van der Waals surface area contributed by atoms with Gasteiger partial charge in [0.05, 0.1) is 18.5 Å². The van der Waals surface area contributed by atoms with Crippen LogP contribution in [0.3, 0.4) is 0 Å². The number of imidazole rings is 1. The van der Waals surface area contributed by atoms with Gasteiger partial charge in [-0.15, -0.1) is 13.2 Å². The van der Waals surface area contributed by atoms with E-state index in [0.717, 1.165) is 0 Å². The van der Waals surface area contributed by atoms with Crippen molar-refractivity contribution >= 4 is 11.6 Å². The molecule has 3 rings (SSSR count). The van der Waals surface area contributed by atoms with Crippen LogP contribution in [0.1, 0.15) is 22.8 Å². The highest BCUT2D eigenvalue weighted by Gasteiger charge is 2.32. The Labute approximate surface area is 170 Å². The van der Waals surface area contributed by atoms with Crippen molar-refractivity contribution in [3.05, 3.63) is 64.5 Å². The van der Waals surface area contributed by atoms with Gasteiger partial charge in [-0.2, -0.15) is 0 Å². The maximum absolute atomic E-state index is 12.7. The highest BCUT2D eigenvalue weighted by Crippen LogP contribution is 2.34. The summed E-state index contributed by atoms with van der Waals surface area (Å²) < 4.78 is 48.9. The van der Waals surface area contributed by atoms with Gasteiger partial charge in [0.1, 0.15) is 16.7 Å². The highest BCUT2D eigenvalue weighted by molar-refractivity contribution is 6.29. The van der Waals surface area contributed by atoms with Crippen molar-refractivity contribution < 1.29 is 22.6 Å². The molecule has 0 N–H and O–H groups in total. The normalized spacial score (nSPS) is 11.0. The van der Waals surface area contributed by atoms with Gasteiger partial charge in [0.2, 0.25) is 0 Å². The lowest BCUT2D eigenvalue weighted by molar-refractivity contribution is -0.275. The number of hydrogen-bond donors (Lipinski definition) is 0. The van der Waals surface area contributed by atoms with Gasteiger partial charge in [-0.1, -0.05) is 17.5 Å². The summed E-state index contributed by atoms with van der Waals surface area (Å²) in [4.78, 5) is 8.31. The molecule has 0 saturated heterocycles. The number of benzene rings is 1. The number of methoxy groups -OCH3 is 1. The third kappa shape index (κ3) is 4.81. The van der Waals surface area contributed by atoms with Crippen molar-refractivity contribution in [3.8, 4) is 29.0 Å². The van der Waals surface area contributed by atoms with Gasteiger partial charge in [0, 0.05) is 17.8 Å². The first-order valence-corrected chi connectivity index (χ1v) is 8.69. The van der Waals surface area contributed by atoms with Gasteiger partial charge >= 0.3 is 6.36 Å². The van der Waals surface area contributed by atoms with Crippen LogP contribution in [0.5, 0.6) is 11.5 Å². The largest absolute Gasteiger partial charge is 0.573 e. The first-order valence-electron chi connectivity index (χ1n) is 8.31. The quantitative estimate of drug-likeness (QED) is 0.448. The molecular weight excluding hydrogens is 407 g/mol. The van der Waals surface area contributed by atoms with Crippen molar-refractivity contribution in [2.24, 2.45) is 0 Å². The molecule has 0 atom stereocenters. The average Bonchev–Trinajstić information content (AvgIpc) is 2.92. The molecule has 0 radical (unpaired) electrons. The molecule has 29 heavy (non-hydrogen) atoms. The van der Waals surface area contributed by atoms with E-state index >= 15 is 0 Å². The Kier molecular flexibility index (Phi) is 5.71. The molecule has 0 spiro atoms. The van der Waals surface area contributed by atoms with Crippen LogP contribution in [0, 0.1) is 25.7 Å². The lowest BCUT2D eigenvalue weighted by atomic mass is 10.2. The number of halogens is 4. The number of aromatic nitrogens is 3. The number of nitrogens with zero attached hydrogens (tertiary/aromatic N) is 3. The molecule has 0 aliphatic carbocycles. The maximum atomic E-state index is 12.7. The fraction of sp³-hybridized carbons (Fsp3) is 0.200. The maximum Gasteiger partial charge on any atom is 0.573 e. The van der Waals surface area contributed by atoms with Gasteiger partial charge in [-0.05, 0) is 44.0 Å². The van der Waals surface area contributed by atoms with E-state index in [4.69, 9.17) is 16.3 Å². The Balaban J connectivity index is 2.02. The van der Waals surface area contributed by atoms with Crippen LogP contribution in [0.2, 0.25) is 5.15 Å². The van der Waals surface area contributed by atoms with E-state index in [1.54, 1.807) is 42.8 Å². The molecule has 0 fully saturated rings. The van der Waals surface area contributed by atoms with E-state index in [1.807, 2.05) is 0 Å². The smallest absolute Gasteiger partial charge is 0.493 e. The molecule has 0 bridgehead atoms. The molecule has 2 heterocycles. The SMILES string of the molecule is COc1ccc(-n2c(C)nc(C#Cc3ccnc(Cl)c3)c2C)cc1OC(F)(F)F. The summed E-state index contributed by atoms with van der Waals surface area (Å²) in [6.45, 7) is 3.51. The summed E-state index contributed by atoms with van der Waals surface area (Å²) in [5, 5.41) is 0.325. The topological polar surface area (TPSA) is 49.2 Å². The first-order chi connectivity index (χ1) is 13.7. The minimum Gasteiger partial charge on any atom is -0.493 e. The summed E-state index contributed by atoms with van der Waals surface area (Å²) in [5.41, 5.74) is 2.26. The molecule has 0 aliphatic rings. The van der Waals surface area contributed by atoms with Gasteiger partial charge in [0.25, 0.3) is 0 Å². The zero-order chi connectivity index (χ0) is 21.2. The standard InChI is InChI=1S/C20H15ClF3N3O2/c1-12-16(6-4-14-8-9-25-19(21)10-14)26-13(2)27(12)15-5-7-17(28-3)18(11-15)29-20(22,23)24/h5,7-11H,1-3H3. The molecule has 2 aromatic heterocycles. The lowest BCUT2D eigenvalue weighted by Gasteiger charge is -2.15. The second kappa shape index (κ2) is 8.05. The number of pyridine rings is 1. The zero-order valence-electron chi connectivity index (χ0n) is 15.6. The monoisotopic (exact) mass is 421 g/mol. The first kappa shape index (κ1) is 20.6. The summed E-state index contributed by atoms with van der Waals surface area (Å²) in [6.07, 6.45) is -3.30. The molecule has 0 unspecified atom stereocenters. The van der Waals surface area contributed by atoms with Crippen LogP contribution in [-0.4, -0.2) is 28.0 Å². The molecular formula is C20H15ClF3N3O2. The number of rotatable bonds is 3. The van der Waals surface area contributed by atoms with Crippen molar-refractivity contribution in [2.75, 3.05) is 7.11 Å². The molecule has 150 valence electrons. The van der Waals surface area contributed by atoms with Crippen molar-refractivity contribution in [2.45, 2.75) is 20.2 Å². The van der Waals surface area contributed by atoms with E-state index in [-0.39, 0.29) is 5.75 Å². The number of aryl methyl sites for hydroxylation is 1. The Bertz CT molecular complexity index is 1110. The van der Waals surface area contributed by atoms with Crippen LogP contribution in [0.4, 0.5) is 13.2 Å².